The molecule has 0 aromatic carbocycles. The van der Waals surface area contributed by atoms with Gasteiger partial charge in [-0.05, 0) is 83.5 Å². The number of carbonyl (C=O) groups is 2. The molecule has 1 amide bonds. The molecule has 0 saturated heterocycles. The molecule has 0 aliphatic carbocycles. The van der Waals surface area contributed by atoms with Crippen LogP contribution in [0.15, 0.2) is 48.6 Å². The van der Waals surface area contributed by atoms with Crippen molar-refractivity contribution in [1.29, 1.82) is 0 Å². The highest BCUT2D eigenvalue weighted by Gasteiger charge is 2.20. The van der Waals surface area contributed by atoms with Crippen LogP contribution in [0.2, 0.25) is 0 Å². The van der Waals surface area contributed by atoms with Crippen LogP contribution in [0.25, 0.3) is 0 Å². The molecular weight excluding hydrogens is 983 g/mol. The van der Waals surface area contributed by atoms with Crippen LogP contribution in [0.5, 0.6) is 0 Å². The quantitative estimate of drug-likeness (QED) is 0.0320. The normalized spacial score (nSPS) is 12.8. The van der Waals surface area contributed by atoms with Gasteiger partial charge in [0.1, 0.15) is 0 Å². The minimum atomic E-state index is -0.665. The molecule has 0 aromatic heterocycles. The van der Waals surface area contributed by atoms with Crippen molar-refractivity contribution in [2.45, 2.75) is 398 Å². The Bertz CT molecular complexity index is 1340. The maximum absolute atomic E-state index is 12.5. The SMILES string of the molecule is CCCC/C=C\C/C=C\CCCCCCCC(=O)OCCCCCCCCCCC/C=C\C/C=C\CCCCCCCCCCCCCCCCCC(=O)NC(CO)C(O)CCCCCCCCCCCCCCCCCCCC. The molecule has 0 aliphatic rings. The number of unbranched alkanes of at least 4 members (excludes halogenated alkanes) is 48. The molecule has 0 fully saturated rings. The monoisotopic (exact) mass is 1120 g/mol. The van der Waals surface area contributed by atoms with Crippen molar-refractivity contribution in [3.63, 3.8) is 0 Å². The van der Waals surface area contributed by atoms with Gasteiger partial charge in [0.25, 0.3) is 0 Å². The van der Waals surface area contributed by atoms with E-state index in [1.165, 1.54) is 295 Å². The van der Waals surface area contributed by atoms with E-state index in [9.17, 15) is 19.8 Å². The topological polar surface area (TPSA) is 95.9 Å². The fraction of sp³-hybridized carbons (Fsp3) is 0.865. The summed E-state index contributed by atoms with van der Waals surface area (Å²) < 4.78 is 5.48. The van der Waals surface area contributed by atoms with E-state index < -0.39 is 12.1 Å². The highest BCUT2D eigenvalue weighted by atomic mass is 16.5. The summed E-state index contributed by atoms with van der Waals surface area (Å²) in [7, 11) is 0. The highest BCUT2D eigenvalue weighted by Crippen LogP contribution is 2.18. The van der Waals surface area contributed by atoms with Crippen LogP contribution in [-0.2, 0) is 14.3 Å². The second-order valence-electron chi connectivity index (χ2n) is 24.6. The number of rotatable bonds is 67. The van der Waals surface area contributed by atoms with Crippen LogP contribution < -0.4 is 5.32 Å². The Morgan fingerprint density at radius 1 is 0.350 bits per heavy atom. The Hall–Kier alpha value is -2.18. The van der Waals surface area contributed by atoms with Gasteiger partial charge >= 0.3 is 5.97 Å². The van der Waals surface area contributed by atoms with Gasteiger partial charge in [-0.25, -0.2) is 0 Å². The number of allylic oxidation sites excluding steroid dienone is 8. The van der Waals surface area contributed by atoms with E-state index in [-0.39, 0.29) is 18.5 Å². The van der Waals surface area contributed by atoms with Gasteiger partial charge in [-0.15, -0.1) is 0 Å². The number of hydrogen-bond donors (Lipinski definition) is 3. The first-order valence-electron chi connectivity index (χ1n) is 35.9. The number of nitrogens with one attached hydrogen (secondary N) is 1. The van der Waals surface area contributed by atoms with Crippen molar-refractivity contribution in [2.24, 2.45) is 0 Å². The molecule has 0 radical (unpaired) electrons. The van der Waals surface area contributed by atoms with Crippen LogP contribution >= 0.6 is 0 Å². The summed E-state index contributed by atoms with van der Waals surface area (Å²) in [4.78, 5) is 24.6. The Morgan fingerprint density at radius 3 is 0.988 bits per heavy atom. The first-order valence-corrected chi connectivity index (χ1v) is 35.9. The lowest BCUT2D eigenvalue weighted by Crippen LogP contribution is -2.45. The Morgan fingerprint density at radius 2 is 0.637 bits per heavy atom. The zero-order valence-electron chi connectivity index (χ0n) is 53.8. The number of amides is 1. The fourth-order valence-electron chi connectivity index (χ4n) is 11.1. The molecule has 2 atom stereocenters. The average molecular weight is 1120 g/mol. The van der Waals surface area contributed by atoms with E-state index in [2.05, 4.69) is 67.8 Å². The first-order chi connectivity index (χ1) is 39.5. The lowest BCUT2D eigenvalue weighted by Gasteiger charge is -2.22. The molecule has 80 heavy (non-hydrogen) atoms. The smallest absolute Gasteiger partial charge is 0.305 e. The molecule has 0 aliphatic heterocycles. The van der Waals surface area contributed by atoms with Gasteiger partial charge in [-0.3, -0.25) is 9.59 Å². The largest absolute Gasteiger partial charge is 0.466 e. The lowest BCUT2D eigenvalue weighted by atomic mass is 10.0. The van der Waals surface area contributed by atoms with Crippen molar-refractivity contribution < 1.29 is 24.5 Å². The van der Waals surface area contributed by atoms with Crippen LogP contribution in [0, 0.1) is 0 Å². The molecule has 6 nitrogen and oxygen atoms in total. The van der Waals surface area contributed by atoms with Crippen LogP contribution in [0.3, 0.4) is 0 Å². The van der Waals surface area contributed by atoms with Gasteiger partial charge < -0.3 is 20.3 Å². The minimum absolute atomic E-state index is 0.00137. The summed E-state index contributed by atoms with van der Waals surface area (Å²) in [6, 6.07) is -0.542. The average Bonchev–Trinajstić information content (AvgIpc) is 3.46. The number of hydrogen-bond acceptors (Lipinski definition) is 5. The van der Waals surface area contributed by atoms with Crippen molar-refractivity contribution in [1.82, 2.24) is 5.32 Å². The molecule has 470 valence electrons. The number of aliphatic hydroxyl groups excluding tert-OH is 2. The number of aliphatic hydroxyl groups is 2. The minimum Gasteiger partial charge on any atom is -0.466 e. The Labute approximate surface area is 499 Å². The van der Waals surface area contributed by atoms with E-state index in [1.54, 1.807) is 0 Å². The molecule has 0 spiro atoms. The highest BCUT2D eigenvalue weighted by molar-refractivity contribution is 5.76. The van der Waals surface area contributed by atoms with Crippen molar-refractivity contribution in [3.8, 4) is 0 Å². The number of carbonyl (C=O) groups excluding carboxylic acids is 2. The third-order valence-corrected chi connectivity index (χ3v) is 16.6. The predicted octanol–water partition coefficient (Wildman–Crippen LogP) is 23.3. The van der Waals surface area contributed by atoms with Gasteiger partial charge in [-0.2, -0.15) is 0 Å². The summed E-state index contributed by atoms with van der Waals surface area (Å²) in [5.74, 6) is -0.0326. The summed E-state index contributed by atoms with van der Waals surface area (Å²) in [6.45, 7) is 4.93. The summed E-state index contributed by atoms with van der Waals surface area (Å²) >= 11 is 0. The summed E-state index contributed by atoms with van der Waals surface area (Å²) in [5.41, 5.74) is 0. The van der Waals surface area contributed by atoms with Crippen molar-refractivity contribution >= 4 is 11.9 Å². The summed E-state index contributed by atoms with van der Waals surface area (Å²) in [6.07, 6.45) is 90.2. The Kier molecular flexibility index (Phi) is 67.4. The molecule has 0 bridgehead atoms. The predicted molar refractivity (Wildman–Crippen MR) is 352 cm³/mol. The van der Waals surface area contributed by atoms with E-state index in [4.69, 9.17) is 4.74 Å². The van der Waals surface area contributed by atoms with Gasteiger partial charge in [-0.1, -0.05) is 339 Å². The van der Waals surface area contributed by atoms with Crippen molar-refractivity contribution in [2.75, 3.05) is 13.2 Å². The van der Waals surface area contributed by atoms with Gasteiger partial charge in [0.05, 0.1) is 25.4 Å². The molecule has 6 heteroatoms. The maximum Gasteiger partial charge on any atom is 0.305 e. The van der Waals surface area contributed by atoms with E-state index in [0.29, 0.717) is 25.9 Å². The third-order valence-electron chi connectivity index (χ3n) is 16.6. The second-order valence-corrected chi connectivity index (χ2v) is 24.6. The van der Waals surface area contributed by atoms with Gasteiger partial charge in [0.15, 0.2) is 0 Å². The molecule has 0 rings (SSSR count). The van der Waals surface area contributed by atoms with E-state index in [1.807, 2.05) is 0 Å². The zero-order valence-corrected chi connectivity index (χ0v) is 53.8. The van der Waals surface area contributed by atoms with E-state index in [0.717, 1.165) is 57.8 Å². The number of esters is 1. The van der Waals surface area contributed by atoms with Crippen LogP contribution in [-0.4, -0.2) is 47.4 Å². The molecule has 0 saturated carbocycles. The zero-order chi connectivity index (χ0) is 57.8. The van der Waals surface area contributed by atoms with Crippen LogP contribution in [0.1, 0.15) is 386 Å². The summed E-state index contributed by atoms with van der Waals surface area (Å²) in [5, 5.41) is 23.4. The van der Waals surface area contributed by atoms with Crippen molar-refractivity contribution in [3.05, 3.63) is 48.6 Å². The first kappa shape index (κ1) is 77.8. The van der Waals surface area contributed by atoms with Crippen LogP contribution in [0.4, 0.5) is 0 Å². The fourth-order valence-corrected chi connectivity index (χ4v) is 11.1. The maximum atomic E-state index is 12.5. The molecule has 0 aromatic rings. The lowest BCUT2D eigenvalue weighted by molar-refractivity contribution is -0.143. The van der Waals surface area contributed by atoms with Gasteiger partial charge in [0, 0.05) is 12.8 Å². The van der Waals surface area contributed by atoms with E-state index >= 15 is 0 Å². The molecule has 0 heterocycles. The number of ether oxygens (including phenoxy) is 1. The molecule has 2 unspecified atom stereocenters. The molecular formula is C74H139NO5. The standard InChI is InChI=1S/C74H139NO5/c1-3-5-7-9-11-13-15-17-19-20-36-39-42-46-50-54-58-62-66-72(77)71(70-76)75-73(78)67-63-59-55-51-47-43-40-37-34-32-30-28-26-24-22-21-23-25-27-29-31-33-35-38-41-45-49-53-57-61-65-69-80-74(79)68-64-60-56-52-48-44-18-16-14-12-10-8-6-4-2/h10,12,16,18,23,25,29,31,71-72,76-77H,3-9,11,13-15,17,19-22,24,26-28,30,32-70H2,1-2H3,(H,75,78)/b12-10-,18-16-,25-23-,31-29-. The third kappa shape index (κ3) is 65.0. The molecule has 3 N–H and O–H groups in total. The second kappa shape index (κ2) is 69.3. The Balaban J connectivity index is 3.40. The van der Waals surface area contributed by atoms with Gasteiger partial charge in [0.2, 0.25) is 5.91 Å².